The Bertz CT molecular complexity index is 1020. The van der Waals surface area contributed by atoms with Crippen molar-refractivity contribution in [2.24, 2.45) is 0 Å². The molecule has 0 saturated carbocycles. The summed E-state index contributed by atoms with van der Waals surface area (Å²) in [4.78, 5) is 0.0922. The van der Waals surface area contributed by atoms with Crippen LogP contribution in [-0.4, -0.2) is 41.8 Å². The van der Waals surface area contributed by atoms with Crippen LogP contribution in [0.15, 0.2) is 53.7 Å². The summed E-state index contributed by atoms with van der Waals surface area (Å²) in [5, 5.41) is 10.9. The van der Waals surface area contributed by atoms with Gasteiger partial charge in [-0.25, -0.2) is 13.1 Å². The SMILES string of the molecule is O=S(=O)(Nc1cccc(-n2cnnn2)c1)c1ccc2c(c1)OCCCO2. The third-order valence-corrected chi connectivity index (χ3v) is 5.12. The summed E-state index contributed by atoms with van der Waals surface area (Å²) in [6, 6.07) is 11.3. The van der Waals surface area contributed by atoms with E-state index in [0.29, 0.717) is 36.1 Å². The number of anilines is 1. The van der Waals surface area contributed by atoms with Crippen molar-refractivity contribution in [2.75, 3.05) is 17.9 Å². The van der Waals surface area contributed by atoms with E-state index in [-0.39, 0.29) is 4.90 Å². The number of benzene rings is 2. The summed E-state index contributed by atoms with van der Waals surface area (Å²) >= 11 is 0. The molecule has 0 atom stereocenters. The molecule has 0 unspecified atom stereocenters. The summed E-state index contributed by atoms with van der Waals surface area (Å²) in [7, 11) is -3.79. The van der Waals surface area contributed by atoms with Crippen LogP contribution in [0.1, 0.15) is 6.42 Å². The average Bonchev–Trinajstić information content (AvgIpc) is 3.07. The van der Waals surface area contributed by atoms with Crippen LogP contribution in [-0.2, 0) is 10.0 Å². The van der Waals surface area contributed by atoms with Gasteiger partial charge in [-0.05, 0) is 40.8 Å². The number of ether oxygens (including phenoxy) is 2. The first-order chi connectivity index (χ1) is 12.6. The van der Waals surface area contributed by atoms with Crippen LogP contribution in [0, 0.1) is 0 Å². The van der Waals surface area contributed by atoms with Crippen LogP contribution in [0.4, 0.5) is 5.69 Å². The first-order valence-corrected chi connectivity index (χ1v) is 9.36. The van der Waals surface area contributed by atoms with Crippen molar-refractivity contribution in [2.45, 2.75) is 11.3 Å². The van der Waals surface area contributed by atoms with E-state index >= 15 is 0 Å². The lowest BCUT2D eigenvalue weighted by atomic mass is 10.3. The number of hydrogen-bond acceptors (Lipinski definition) is 7. The van der Waals surface area contributed by atoms with E-state index in [9.17, 15) is 8.42 Å². The van der Waals surface area contributed by atoms with E-state index in [2.05, 4.69) is 20.2 Å². The number of aromatic nitrogens is 4. The van der Waals surface area contributed by atoms with E-state index < -0.39 is 10.0 Å². The average molecular weight is 373 g/mol. The Morgan fingerprint density at radius 1 is 1.04 bits per heavy atom. The minimum absolute atomic E-state index is 0.0922. The second-order valence-electron chi connectivity index (χ2n) is 5.57. The topological polar surface area (TPSA) is 108 Å². The van der Waals surface area contributed by atoms with Gasteiger partial charge >= 0.3 is 0 Å². The molecule has 0 amide bonds. The normalized spacial score (nSPS) is 13.8. The molecule has 1 aliphatic heterocycles. The minimum atomic E-state index is -3.79. The molecule has 0 radical (unpaired) electrons. The molecule has 3 aromatic rings. The molecule has 1 aliphatic rings. The lowest BCUT2D eigenvalue weighted by Crippen LogP contribution is -2.13. The zero-order chi connectivity index (χ0) is 18.0. The smallest absolute Gasteiger partial charge is 0.262 e. The number of fused-ring (bicyclic) bond motifs is 1. The lowest BCUT2D eigenvalue weighted by molar-refractivity contribution is 0.297. The Balaban J connectivity index is 1.62. The van der Waals surface area contributed by atoms with Gasteiger partial charge in [0.15, 0.2) is 11.5 Å². The number of rotatable bonds is 4. The first kappa shape index (κ1) is 16.3. The molecule has 0 aliphatic carbocycles. The monoisotopic (exact) mass is 373 g/mol. The van der Waals surface area contributed by atoms with Crippen molar-refractivity contribution in [1.29, 1.82) is 0 Å². The molecule has 10 heteroatoms. The lowest BCUT2D eigenvalue weighted by Gasteiger charge is -2.12. The van der Waals surface area contributed by atoms with Gasteiger partial charge in [0, 0.05) is 12.5 Å². The molecule has 1 aromatic heterocycles. The maximum absolute atomic E-state index is 12.7. The quantitative estimate of drug-likeness (QED) is 0.740. The number of nitrogens with one attached hydrogen (secondary N) is 1. The Morgan fingerprint density at radius 2 is 1.88 bits per heavy atom. The Morgan fingerprint density at radius 3 is 2.69 bits per heavy atom. The Hall–Kier alpha value is -3.14. The zero-order valence-electron chi connectivity index (χ0n) is 13.6. The van der Waals surface area contributed by atoms with Crippen LogP contribution in [0.25, 0.3) is 5.69 Å². The molecule has 1 N–H and O–H groups in total. The van der Waals surface area contributed by atoms with Crippen molar-refractivity contribution in [3.8, 4) is 17.2 Å². The van der Waals surface area contributed by atoms with Crippen LogP contribution < -0.4 is 14.2 Å². The molecular formula is C16H15N5O4S. The molecule has 2 heterocycles. The van der Waals surface area contributed by atoms with Crippen LogP contribution >= 0.6 is 0 Å². The minimum Gasteiger partial charge on any atom is -0.490 e. The molecule has 0 spiro atoms. The predicted octanol–water partition coefficient (Wildman–Crippen LogP) is 1.62. The number of sulfonamides is 1. The Kier molecular flexibility index (Phi) is 4.17. The van der Waals surface area contributed by atoms with Crippen molar-refractivity contribution in [3.63, 3.8) is 0 Å². The van der Waals surface area contributed by atoms with Crippen molar-refractivity contribution < 1.29 is 17.9 Å². The van der Waals surface area contributed by atoms with Crippen LogP contribution in [0.2, 0.25) is 0 Å². The van der Waals surface area contributed by atoms with Gasteiger partial charge in [-0.2, -0.15) is 0 Å². The molecule has 2 aromatic carbocycles. The second kappa shape index (κ2) is 6.64. The summed E-state index contributed by atoms with van der Waals surface area (Å²) in [5.41, 5.74) is 1.03. The van der Waals surface area contributed by atoms with E-state index in [4.69, 9.17) is 9.47 Å². The predicted molar refractivity (Wildman–Crippen MR) is 92.0 cm³/mol. The van der Waals surface area contributed by atoms with Crippen LogP contribution in [0.5, 0.6) is 11.5 Å². The fourth-order valence-corrected chi connectivity index (χ4v) is 3.58. The highest BCUT2D eigenvalue weighted by Gasteiger charge is 2.19. The fraction of sp³-hybridized carbons (Fsp3) is 0.188. The van der Waals surface area contributed by atoms with Crippen molar-refractivity contribution in [3.05, 3.63) is 48.8 Å². The molecule has 26 heavy (non-hydrogen) atoms. The van der Waals surface area contributed by atoms with E-state index in [1.807, 2.05) is 0 Å². The molecule has 0 fully saturated rings. The Labute approximate surface area is 149 Å². The number of hydrogen-bond donors (Lipinski definition) is 1. The molecular weight excluding hydrogens is 358 g/mol. The van der Waals surface area contributed by atoms with Gasteiger partial charge < -0.3 is 9.47 Å². The van der Waals surface area contributed by atoms with E-state index in [1.54, 1.807) is 30.3 Å². The van der Waals surface area contributed by atoms with Gasteiger partial charge in [-0.3, -0.25) is 4.72 Å². The van der Waals surface area contributed by atoms with Gasteiger partial charge in [0.2, 0.25) is 0 Å². The number of nitrogens with zero attached hydrogens (tertiary/aromatic N) is 4. The third-order valence-electron chi connectivity index (χ3n) is 3.74. The van der Waals surface area contributed by atoms with E-state index in [1.165, 1.54) is 23.1 Å². The fourth-order valence-electron chi connectivity index (χ4n) is 2.52. The third kappa shape index (κ3) is 3.31. The molecule has 0 bridgehead atoms. The highest BCUT2D eigenvalue weighted by atomic mass is 32.2. The van der Waals surface area contributed by atoms with Gasteiger partial charge in [0.05, 0.1) is 29.5 Å². The molecule has 4 rings (SSSR count). The van der Waals surface area contributed by atoms with Gasteiger partial charge in [0.25, 0.3) is 10.0 Å². The standard InChI is InChI=1S/C16H15N5O4S/c22-26(23,14-5-6-15-16(10-14)25-8-2-7-24-15)18-12-3-1-4-13(9-12)21-11-17-19-20-21/h1,3-6,9-11,18H,2,7-8H2. The van der Waals surface area contributed by atoms with Crippen molar-refractivity contribution in [1.82, 2.24) is 20.2 Å². The van der Waals surface area contributed by atoms with Gasteiger partial charge in [-0.15, -0.1) is 5.10 Å². The van der Waals surface area contributed by atoms with Gasteiger partial charge in [0.1, 0.15) is 6.33 Å². The highest BCUT2D eigenvalue weighted by Crippen LogP contribution is 2.32. The van der Waals surface area contributed by atoms with Gasteiger partial charge in [-0.1, -0.05) is 6.07 Å². The largest absolute Gasteiger partial charge is 0.490 e. The highest BCUT2D eigenvalue weighted by molar-refractivity contribution is 7.92. The maximum Gasteiger partial charge on any atom is 0.262 e. The first-order valence-electron chi connectivity index (χ1n) is 7.88. The molecule has 134 valence electrons. The molecule has 9 nitrogen and oxygen atoms in total. The van der Waals surface area contributed by atoms with Crippen molar-refractivity contribution >= 4 is 15.7 Å². The van der Waals surface area contributed by atoms with Crippen LogP contribution in [0.3, 0.4) is 0 Å². The second-order valence-corrected chi connectivity index (χ2v) is 7.25. The zero-order valence-corrected chi connectivity index (χ0v) is 14.4. The molecule has 0 saturated heterocycles. The summed E-state index contributed by atoms with van der Waals surface area (Å²) in [6.45, 7) is 1.03. The van der Waals surface area contributed by atoms with E-state index in [0.717, 1.165) is 6.42 Å². The maximum atomic E-state index is 12.7. The summed E-state index contributed by atoms with van der Waals surface area (Å²) in [5.74, 6) is 0.968. The number of tetrazole rings is 1. The summed E-state index contributed by atoms with van der Waals surface area (Å²) in [6.07, 6.45) is 2.18. The summed E-state index contributed by atoms with van der Waals surface area (Å²) < 4.78 is 40.5.